The molecule has 2 aromatic carbocycles. The maximum absolute atomic E-state index is 12.9. The van der Waals surface area contributed by atoms with Crippen molar-refractivity contribution >= 4 is 51.7 Å². The molecule has 1 amide bonds. The van der Waals surface area contributed by atoms with Gasteiger partial charge in [-0.1, -0.05) is 36.1 Å². The first kappa shape index (κ1) is 19.0. The number of benzene rings is 2. The molecule has 0 bridgehead atoms. The molecule has 2 aromatic rings. The fourth-order valence-corrected chi connectivity index (χ4v) is 4.76. The lowest BCUT2D eigenvalue weighted by Gasteiger charge is -2.17. The van der Waals surface area contributed by atoms with E-state index in [0.29, 0.717) is 15.8 Å². The number of hydrogen-bond acceptors (Lipinski definition) is 5. The fraction of sp³-hybridized carbons (Fsp3) is 0.273. The van der Waals surface area contributed by atoms with Gasteiger partial charge in [-0.2, -0.15) is 0 Å². The van der Waals surface area contributed by atoms with Crippen LogP contribution in [-0.4, -0.2) is 29.9 Å². The van der Waals surface area contributed by atoms with E-state index in [1.165, 1.54) is 30.3 Å². The third-order valence-electron chi connectivity index (χ3n) is 4.86. The minimum atomic E-state index is -0.0808. The van der Waals surface area contributed by atoms with Gasteiger partial charge in [0.1, 0.15) is 5.75 Å². The lowest BCUT2D eigenvalue weighted by atomic mass is 10.1. The Hall–Kier alpha value is -2.31. The van der Waals surface area contributed by atoms with Crippen LogP contribution in [0.1, 0.15) is 25.3 Å². The van der Waals surface area contributed by atoms with Gasteiger partial charge in [-0.3, -0.25) is 9.69 Å². The van der Waals surface area contributed by atoms with Crippen molar-refractivity contribution in [2.75, 3.05) is 29.5 Å². The SMILES string of the molecule is CCOc1ccc(N2C(=O)/C(=C\c3ccc(N4CCCC4)cc3)SC2=S)cc1. The molecule has 144 valence electrons. The predicted octanol–water partition coefficient (Wildman–Crippen LogP) is 5.09. The standard InChI is InChI=1S/C22H22N2O2S2/c1-2-26-19-11-9-18(10-12-19)24-21(25)20(28-22(24)27)15-16-5-7-17(8-6-16)23-13-3-4-14-23/h5-12,15H,2-4,13-14H2,1H3/b20-15+. The van der Waals surface area contributed by atoms with Crippen LogP contribution in [0.2, 0.25) is 0 Å². The zero-order chi connectivity index (χ0) is 19.5. The zero-order valence-corrected chi connectivity index (χ0v) is 17.4. The lowest BCUT2D eigenvalue weighted by Crippen LogP contribution is -2.27. The summed E-state index contributed by atoms with van der Waals surface area (Å²) in [6.07, 6.45) is 4.44. The largest absolute Gasteiger partial charge is 0.494 e. The fourth-order valence-electron chi connectivity index (χ4n) is 3.46. The number of hydrogen-bond donors (Lipinski definition) is 0. The second-order valence-corrected chi connectivity index (χ2v) is 8.41. The van der Waals surface area contributed by atoms with Crippen LogP contribution >= 0.6 is 24.0 Å². The monoisotopic (exact) mass is 410 g/mol. The molecule has 2 fully saturated rings. The second kappa shape index (κ2) is 8.37. The third kappa shape index (κ3) is 3.93. The molecule has 0 aromatic heterocycles. The molecule has 2 aliphatic rings. The summed E-state index contributed by atoms with van der Waals surface area (Å²) in [6.45, 7) is 4.80. The van der Waals surface area contributed by atoms with E-state index in [4.69, 9.17) is 17.0 Å². The van der Waals surface area contributed by atoms with E-state index in [-0.39, 0.29) is 5.91 Å². The summed E-state index contributed by atoms with van der Waals surface area (Å²) in [5, 5.41) is 0. The van der Waals surface area contributed by atoms with Crippen molar-refractivity contribution in [3.05, 3.63) is 59.0 Å². The number of nitrogens with zero attached hydrogens (tertiary/aromatic N) is 2. The van der Waals surface area contributed by atoms with Gasteiger partial charge in [0.15, 0.2) is 4.32 Å². The Labute approximate surface area is 175 Å². The van der Waals surface area contributed by atoms with Crippen LogP contribution in [-0.2, 0) is 4.79 Å². The zero-order valence-electron chi connectivity index (χ0n) is 15.8. The molecule has 2 aliphatic heterocycles. The Balaban J connectivity index is 1.51. The Morgan fingerprint density at radius 3 is 2.32 bits per heavy atom. The van der Waals surface area contributed by atoms with Crippen LogP contribution in [0.3, 0.4) is 0 Å². The van der Waals surface area contributed by atoms with E-state index in [9.17, 15) is 4.79 Å². The molecule has 0 saturated carbocycles. The van der Waals surface area contributed by atoms with Gasteiger partial charge in [0.2, 0.25) is 0 Å². The minimum absolute atomic E-state index is 0.0808. The quantitative estimate of drug-likeness (QED) is 0.506. The molecule has 0 spiro atoms. The number of carbonyl (C=O) groups excluding carboxylic acids is 1. The van der Waals surface area contributed by atoms with Gasteiger partial charge >= 0.3 is 0 Å². The molecular weight excluding hydrogens is 388 g/mol. The van der Waals surface area contributed by atoms with Crippen LogP contribution in [0, 0.1) is 0 Å². The van der Waals surface area contributed by atoms with Gasteiger partial charge in [0.25, 0.3) is 5.91 Å². The van der Waals surface area contributed by atoms with E-state index < -0.39 is 0 Å². The highest BCUT2D eigenvalue weighted by Crippen LogP contribution is 2.36. The van der Waals surface area contributed by atoms with Gasteiger partial charge in [-0.25, -0.2) is 0 Å². The first-order valence-corrected chi connectivity index (χ1v) is 10.7. The van der Waals surface area contributed by atoms with Crippen molar-refractivity contribution in [3.8, 4) is 5.75 Å². The van der Waals surface area contributed by atoms with Crippen LogP contribution in [0.25, 0.3) is 6.08 Å². The van der Waals surface area contributed by atoms with E-state index in [2.05, 4.69) is 29.2 Å². The summed E-state index contributed by atoms with van der Waals surface area (Å²) >= 11 is 6.80. The molecule has 6 heteroatoms. The predicted molar refractivity (Wildman–Crippen MR) is 121 cm³/mol. The molecule has 0 atom stereocenters. The maximum atomic E-state index is 12.9. The van der Waals surface area contributed by atoms with Crippen molar-refractivity contribution < 1.29 is 9.53 Å². The van der Waals surface area contributed by atoms with E-state index in [0.717, 1.165) is 30.1 Å². The van der Waals surface area contributed by atoms with Gasteiger partial charge in [-0.15, -0.1) is 0 Å². The van der Waals surface area contributed by atoms with Crippen molar-refractivity contribution in [3.63, 3.8) is 0 Å². The van der Waals surface area contributed by atoms with Crippen LogP contribution in [0.15, 0.2) is 53.4 Å². The maximum Gasteiger partial charge on any atom is 0.270 e. The van der Waals surface area contributed by atoms with Gasteiger partial charge in [-0.05, 0) is 67.8 Å². The Bertz CT molecular complexity index is 901. The summed E-state index contributed by atoms with van der Waals surface area (Å²) in [5.74, 6) is 0.702. The number of thioether (sulfide) groups is 1. The first-order chi connectivity index (χ1) is 13.7. The molecule has 2 saturated heterocycles. The average Bonchev–Trinajstić information content (AvgIpc) is 3.33. The highest BCUT2D eigenvalue weighted by Gasteiger charge is 2.33. The summed E-state index contributed by atoms with van der Waals surface area (Å²) < 4.78 is 6.02. The topological polar surface area (TPSA) is 32.8 Å². The molecule has 28 heavy (non-hydrogen) atoms. The molecule has 0 aliphatic carbocycles. The third-order valence-corrected chi connectivity index (χ3v) is 6.16. The van der Waals surface area contributed by atoms with Crippen molar-refractivity contribution in [1.29, 1.82) is 0 Å². The van der Waals surface area contributed by atoms with Gasteiger partial charge in [0, 0.05) is 18.8 Å². The number of carbonyl (C=O) groups is 1. The molecule has 4 nitrogen and oxygen atoms in total. The van der Waals surface area contributed by atoms with Crippen LogP contribution < -0.4 is 14.5 Å². The summed E-state index contributed by atoms with van der Waals surface area (Å²) in [6, 6.07) is 15.8. The normalized spacial score (nSPS) is 18.4. The van der Waals surface area contributed by atoms with Crippen molar-refractivity contribution in [2.45, 2.75) is 19.8 Å². The molecule has 4 rings (SSSR count). The summed E-state index contributed by atoms with van der Waals surface area (Å²) in [7, 11) is 0. The van der Waals surface area contributed by atoms with Crippen LogP contribution in [0.4, 0.5) is 11.4 Å². The van der Waals surface area contributed by atoms with Gasteiger partial charge in [0.05, 0.1) is 17.2 Å². The van der Waals surface area contributed by atoms with Crippen molar-refractivity contribution in [1.82, 2.24) is 0 Å². The Morgan fingerprint density at radius 1 is 1.04 bits per heavy atom. The summed E-state index contributed by atoms with van der Waals surface area (Å²) in [5.41, 5.74) is 3.02. The number of anilines is 2. The highest BCUT2D eigenvalue weighted by molar-refractivity contribution is 8.27. The first-order valence-electron chi connectivity index (χ1n) is 9.51. The Morgan fingerprint density at radius 2 is 1.68 bits per heavy atom. The lowest BCUT2D eigenvalue weighted by molar-refractivity contribution is -0.113. The number of ether oxygens (including phenoxy) is 1. The van der Waals surface area contributed by atoms with Crippen molar-refractivity contribution in [2.24, 2.45) is 0 Å². The van der Waals surface area contributed by atoms with Gasteiger partial charge < -0.3 is 9.64 Å². The molecule has 0 radical (unpaired) electrons. The number of thiocarbonyl (C=S) groups is 1. The Kier molecular flexibility index (Phi) is 5.69. The van der Waals surface area contributed by atoms with Crippen LogP contribution in [0.5, 0.6) is 5.75 Å². The summed E-state index contributed by atoms with van der Waals surface area (Å²) in [4.78, 5) is 17.5. The molecule has 0 N–H and O–H groups in total. The molecule has 2 heterocycles. The molecule has 0 unspecified atom stereocenters. The highest BCUT2D eigenvalue weighted by atomic mass is 32.2. The van der Waals surface area contributed by atoms with E-state index in [1.807, 2.05) is 37.3 Å². The van der Waals surface area contributed by atoms with E-state index in [1.54, 1.807) is 4.90 Å². The average molecular weight is 411 g/mol. The molecular formula is C22H22N2O2S2. The number of rotatable bonds is 5. The number of amides is 1. The smallest absolute Gasteiger partial charge is 0.270 e. The minimum Gasteiger partial charge on any atom is -0.494 e. The van der Waals surface area contributed by atoms with E-state index >= 15 is 0 Å². The second-order valence-electron chi connectivity index (χ2n) is 6.73.